The molecule has 0 spiro atoms. The smallest absolute Gasteiger partial charge is 0.255 e. The minimum Gasteiger partial charge on any atom is -0.495 e. The van der Waals surface area contributed by atoms with E-state index in [1.807, 2.05) is 6.07 Å². The number of rotatable bonds is 7. The number of anilines is 1. The Kier molecular flexibility index (Phi) is 6.07. The first kappa shape index (κ1) is 19.7. The summed E-state index contributed by atoms with van der Waals surface area (Å²) >= 11 is 12.7. The molecule has 0 amide bonds. The Morgan fingerprint density at radius 2 is 2.00 bits per heavy atom. The van der Waals surface area contributed by atoms with E-state index >= 15 is 0 Å². The lowest BCUT2D eigenvalue weighted by Gasteiger charge is -2.10. The first-order valence-corrected chi connectivity index (χ1v) is 9.77. The van der Waals surface area contributed by atoms with E-state index in [-0.39, 0.29) is 11.1 Å². The van der Waals surface area contributed by atoms with Gasteiger partial charge in [-0.2, -0.15) is 14.5 Å². The van der Waals surface area contributed by atoms with E-state index in [4.69, 9.17) is 33.7 Å². The fourth-order valence-electron chi connectivity index (χ4n) is 3.04. The SMILES string of the molecule is CCCCCC(C)c1nc2nc(Cl)c(-c3ccc(OC)c(Cl)c3)c(N)n2n1. The number of nitrogen functional groups attached to an aromatic ring is 1. The average molecular weight is 408 g/mol. The van der Waals surface area contributed by atoms with Gasteiger partial charge in [0.25, 0.3) is 5.78 Å². The molecule has 6 nitrogen and oxygen atoms in total. The zero-order valence-electron chi connectivity index (χ0n) is 15.7. The maximum Gasteiger partial charge on any atom is 0.255 e. The van der Waals surface area contributed by atoms with Crippen LogP contribution in [0.15, 0.2) is 18.2 Å². The number of ether oxygens (including phenoxy) is 1. The fourth-order valence-corrected chi connectivity index (χ4v) is 3.58. The Hall–Kier alpha value is -2.05. The summed E-state index contributed by atoms with van der Waals surface area (Å²) < 4.78 is 6.74. The molecule has 144 valence electrons. The molecule has 0 bridgehead atoms. The summed E-state index contributed by atoms with van der Waals surface area (Å²) in [5.74, 6) is 2.32. The van der Waals surface area contributed by atoms with Crippen molar-refractivity contribution in [3.63, 3.8) is 0 Å². The Balaban J connectivity index is 2.02. The first-order valence-electron chi connectivity index (χ1n) is 9.01. The first-order chi connectivity index (χ1) is 13.0. The summed E-state index contributed by atoms with van der Waals surface area (Å²) in [5, 5.41) is 5.31. The minimum atomic E-state index is 0.232. The number of halogens is 2. The molecule has 3 aromatic rings. The van der Waals surface area contributed by atoms with Crippen molar-refractivity contribution in [2.45, 2.75) is 45.4 Å². The highest BCUT2D eigenvalue weighted by atomic mass is 35.5. The number of aromatic nitrogens is 4. The van der Waals surface area contributed by atoms with Gasteiger partial charge in [0.15, 0.2) is 5.82 Å². The van der Waals surface area contributed by atoms with Crippen LogP contribution >= 0.6 is 23.2 Å². The molecule has 0 fully saturated rings. The van der Waals surface area contributed by atoms with Crippen LogP contribution in [0, 0.1) is 0 Å². The third-order valence-corrected chi connectivity index (χ3v) is 5.19. The van der Waals surface area contributed by atoms with Gasteiger partial charge in [0.05, 0.1) is 17.7 Å². The molecule has 0 saturated carbocycles. The lowest BCUT2D eigenvalue weighted by molar-refractivity contribution is 0.415. The molecular weight excluding hydrogens is 385 g/mol. The molecule has 1 aromatic carbocycles. The molecular formula is C19H23Cl2N5O. The second kappa shape index (κ2) is 8.31. The predicted octanol–water partition coefficient (Wildman–Crippen LogP) is 5.37. The highest BCUT2D eigenvalue weighted by Gasteiger charge is 2.19. The second-order valence-corrected chi connectivity index (χ2v) is 7.36. The van der Waals surface area contributed by atoms with Gasteiger partial charge in [-0.15, -0.1) is 5.10 Å². The van der Waals surface area contributed by atoms with Crippen molar-refractivity contribution in [2.75, 3.05) is 12.8 Å². The largest absolute Gasteiger partial charge is 0.495 e. The Morgan fingerprint density at radius 1 is 1.22 bits per heavy atom. The van der Waals surface area contributed by atoms with Crippen molar-refractivity contribution in [3.8, 4) is 16.9 Å². The third-order valence-electron chi connectivity index (χ3n) is 4.62. The highest BCUT2D eigenvalue weighted by molar-refractivity contribution is 6.34. The van der Waals surface area contributed by atoms with Gasteiger partial charge in [-0.05, 0) is 24.1 Å². The van der Waals surface area contributed by atoms with Gasteiger partial charge in [0.2, 0.25) is 0 Å². The van der Waals surface area contributed by atoms with E-state index in [1.165, 1.54) is 12.8 Å². The average Bonchev–Trinajstić information content (AvgIpc) is 3.06. The zero-order valence-corrected chi connectivity index (χ0v) is 17.2. The number of methoxy groups -OCH3 is 1. The van der Waals surface area contributed by atoms with E-state index in [9.17, 15) is 0 Å². The molecule has 3 rings (SSSR count). The topological polar surface area (TPSA) is 78.3 Å². The van der Waals surface area contributed by atoms with Crippen molar-refractivity contribution in [2.24, 2.45) is 0 Å². The summed E-state index contributed by atoms with van der Waals surface area (Å²) in [6.07, 6.45) is 4.56. The maximum atomic E-state index is 6.41. The highest BCUT2D eigenvalue weighted by Crippen LogP contribution is 2.36. The lowest BCUT2D eigenvalue weighted by atomic mass is 10.0. The van der Waals surface area contributed by atoms with Crippen LogP contribution in [0.2, 0.25) is 10.2 Å². The predicted molar refractivity (Wildman–Crippen MR) is 110 cm³/mol. The summed E-state index contributed by atoms with van der Waals surface area (Å²) in [7, 11) is 1.56. The normalized spacial score (nSPS) is 12.5. The summed E-state index contributed by atoms with van der Waals surface area (Å²) in [6, 6.07) is 5.35. The standard InChI is InChI=1S/C19H23Cl2N5O/c1-4-5-6-7-11(2)18-24-19-23-16(21)15(17(22)26(19)25-18)12-8-9-14(27-3)13(20)10-12/h8-11H,4-7,22H2,1-3H3. The van der Waals surface area contributed by atoms with E-state index in [1.54, 1.807) is 23.8 Å². The van der Waals surface area contributed by atoms with Gasteiger partial charge in [-0.1, -0.05) is 62.4 Å². The molecule has 0 aliphatic rings. The summed E-state index contributed by atoms with van der Waals surface area (Å²) in [5.41, 5.74) is 7.68. The quantitative estimate of drug-likeness (QED) is 0.420. The van der Waals surface area contributed by atoms with Gasteiger partial charge < -0.3 is 10.5 Å². The summed E-state index contributed by atoms with van der Waals surface area (Å²) in [4.78, 5) is 8.91. The number of nitrogens with two attached hydrogens (primary N) is 1. The Bertz CT molecular complexity index is 957. The van der Waals surface area contributed by atoms with Crippen molar-refractivity contribution >= 4 is 34.8 Å². The number of unbranched alkanes of at least 4 members (excludes halogenated alkanes) is 2. The van der Waals surface area contributed by atoms with Crippen LogP contribution in [0.4, 0.5) is 5.82 Å². The Morgan fingerprint density at radius 3 is 2.67 bits per heavy atom. The molecule has 27 heavy (non-hydrogen) atoms. The zero-order chi connectivity index (χ0) is 19.6. The lowest BCUT2D eigenvalue weighted by Crippen LogP contribution is -2.05. The fraction of sp³-hybridized carbons (Fsp3) is 0.421. The molecule has 2 heterocycles. The van der Waals surface area contributed by atoms with E-state index < -0.39 is 0 Å². The van der Waals surface area contributed by atoms with Crippen LogP contribution in [-0.4, -0.2) is 26.7 Å². The van der Waals surface area contributed by atoms with Gasteiger partial charge in [-0.3, -0.25) is 0 Å². The molecule has 0 saturated heterocycles. The van der Waals surface area contributed by atoms with E-state index in [0.717, 1.165) is 24.2 Å². The molecule has 1 atom stereocenters. The van der Waals surface area contributed by atoms with Crippen LogP contribution in [0.3, 0.4) is 0 Å². The van der Waals surface area contributed by atoms with Crippen LogP contribution in [0.5, 0.6) is 5.75 Å². The number of nitrogens with zero attached hydrogens (tertiary/aromatic N) is 4. The number of benzene rings is 1. The molecule has 8 heteroatoms. The third kappa shape index (κ3) is 3.96. The van der Waals surface area contributed by atoms with Crippen molar-refractivity contribution in [1.82, 2.24) is 19.6 Å². The molecule has 0 radical (unpaired) electrons. The summed E-state index contributed by atoms with van der Waals surface area (Å²) in [6.45, 7) is 4.31. The second-order valence-electron chi connectivity index (χ2n) is 6.59. The van der Waals surface area contributed by atoms with Gasteiger partial charge in [0, 0.05) is 5.92 Å². The molecule has 0 aliphatic carbocycles. The van der Waals surface area contributed by atoms with Gasteiger partial charge in [0.1, 0.15) is 16.7 Å². The Labute approximate surface area is 168 Å². The van der Waals surface area contributed by atoms with Crippen molar-refractivity contribution in [3.05, 3.63) is 34.2 Å². The van der Waals surface area contributed by atoms with Crippen LogP contribution in [-0.2, 0) is 0 Å². The van der Waals surface area contributed by atoms with Gasteiger partial charge in [-0.25, -0.2) is 0 Å². The molecule has 0 aliphatic heterocycles. The molecule has 1 unspecified atom stereocenters. The molecule has 2 N–H and O–H groups in total. The van der Waals surface area contributed by atoms with Crippen molar-refractivity contribution in [1.29, 1.82) is 0 Å². The number of hydrogen-bond acceptors (Lipinski definition) is 5. The van der Waals surface area contributed by atoms with Crippen LogP contribution in [0.25, 0.3) is 16.9 Å². The van der Waals surface area contributed by atoms with Crippen LogP contribution in [0.1, 0.15) is 51.3 Å². The molecule has 2 aromatic heterocycles. The monoisotopic (exact) mass is 407 g/mol. The van der Waals surface area contributed by atoms with Crippen LogP contribution < -0.4 is 10.5 Å². The van der Waals surface area contributed by atoms with E-state index in [0.29, 0.717) is 27.9 Å². The number of hydrogen-bond donors (Lipinski definition) is 1. The minimum absolute atomic E-state index is 0.232. The number of fused-ring (bicyclic) bond motifs is 1. The maximum absolute atomic E-state index is 6.41. The van der Waals surface area contributed by atoms with Gasteiger partial charge >= 0.3 is 0 Å². The van der Waals surface area contributed by atoms with Crippen molar-refractivity contribution < 1.29 is 4.74 Å². The van der Waals surface area contributed by atoms with E-state index in [2.05, 4.69) is 28.9 Å².